The number of aryl methyl sites for hydroxylation is 1. The van der Waals surface area contributed by atoms with Crippen molar-refractivity contribution in [1.82, 2.24) is 15.5 Å². The van der Waals surface area contributed by atoms with Crippen molar-refractivity contribution in [2.75, 3.05) is 0 Å². The number of thioether (sulfide) groups is 1. The maximum Gasteiger partial charge on any atom is 0.341 e. The number of aromatic nitrogens is 2. The van der Waals surface area contributed by atoms with E-state index in [0.29, 0.717) is 16.3 Å². The predicted molar refractivity (Wildman–Crippen MR) is 91.1 cm³/mol. The third-order valence-corrected chi connectivity index (χ3v) is 4.64. The van der Waals surface area contributed by atoms with Crippen molar-refractivity contribution in [1.29, 1.82) is 0 Å². The number of amides is 1. The minimum Gasteiger partial charge on any atom is -0.449 e. The molecule has 1 amide bonds. The Hall–Kier alpha value is -2.35. The summed E-state index contributed by atoms with van der Waals surface area (Å²) >= 11 is 1.36. The molecule has 132 valence electrons. The average molecular weight is 361 g/mol. The van der Waals surface area contributed by atoms with Crippen LogP contribution in [0.1, 0.15) is 41.6 Å². The van der Waals surface area contributed by atoms with Gasteiger partial charge >= 0.3 is 5.97 Å². The molecular formula is C17H19N3O4S. The number of pyridine rings is 1. The Morgan fingerprint density at radius 3 is 2.96 bits per heavy atom. The third kappa shape index (κ3) is 4.82. The molecule has 3 rings (SSSR count). The van der Waals surface area contributed by atoms with Crippen LogP contribution in [0.2, 0.25) is 0 Å². The zero-order valence-electron chi connectivity index (χ0n) is 14.0. The van der Waals surface area contributed by atoms with Gasteiger partial charge in [-0.3, -0.25) is 4.79 Å². The van der Waals surface area contributed by atoms with E-state index in [1.165, 1.54) is 11.8 Å². The van der Waals surface area contributed by atoms with Crippen molar-refractivity contribution in [2.45, 2.75) is 49.6 Å². The first-order chi connectivity index (χ1) is 12.0. The van der Waals surface area contributed by atoms with Gasteiger partial charge in [0.05, 0.1) is 11.3 Å². The standard InChI is InChI=1S/C17H19N3O4S/c1-10-8-13(20-24-10)9-25-16-14(4-3-7-18-16)17(22)23-11(2)15(21)19-12-5-6-12/h3-4,7-8,11-12H,5-6,9H2,1-2H3,(H,19,21)/t11-/m0/s1. The molecule has 25 heavy (non-hydrogen) atoms. The van der Waals surface area contributed by atoms with Crippen LogP contribution < -0.4 is 5.32 Å². The molecule has 0 saturated heterocycles. The van der Waals surface area contributed by atoms with E-state index in [4.69, 9.17) is 9.26 Å². The largest absolute Gasteiger partial charge is 0.449 e. The zero-order chi connectivity index (χ0) is 17.8. The highest BCUT2D eigenvalue weighted by molar-refractivity contribution is 7.98. The van der Waals surface area contributed by atoms with Crippen LogP contribution in [0.25, 0.3) is 0 Å². The van der Waals surface area contributed by atoms with Gasteiger partial charge in [-0.05, 0) is 38.8 Å². The second-order valence-electron chi connectivity index (χ2n) is 5.90. The Kier molecular flexibility index (Phi) is 5.37. The first-order valence-electron chi connectivity index (χ1n) is 8.04. The van der Waals surface area contributed by atoms with Gasteiger partial charge in [0.15, 0.2) is 6.10 Å². The van der Waals surface area contributed by atoms with E-state index in [1.54, 1.807) is 25.3 Å². The molecule has 2 aromatic heterocycles. The highest BCUT2D eigenvalue weighted by atomic mass is 32.2. The van der Waals surface area contributed by atoms with Crippen LogP contribution in [0.3, 0.4) is 0 Å². The molecular weight excluding hydrogens is 342 g/mol. The molecule has 0 aromatic carbocycles. The van der Waals surface area contributed by atoms with Crippen LogP contribution in [0, 0.1) is 6.92 Å². The zero-order valence-corrected chi connectivity index (χ0v) is 14.8. The maximum atomic E-state index is 12.4. The molecule has 0 unspecified atom stereocenters. The number of nitrogens with zero attached hydrogens (tertiary/aromatic N) is 2. The van der Waals surface area contributed by atoms with E-state index < -0.39 is 12.1 Å². The average Bonchev–Trinajstić information content (AvgIpc) is 3.32. The number of esters is 1. The lowest BCUT2D eigenvalue weighted by Gasteiger charge is -2.14. The van der Waals surface area contributed by atoms with Gasteiger partial charge in [-0.15, -0.1) is 0 Å². The van der Waals surface area contributed by atoms with Crippen LogP contribution in [0.15, 0.2) is 33.9 Å². The van der Waals surface area contributed by atoms with E-state index in [-0.39, 0.29) is 11.9 Å². The number of carbonyl (C=O) groups is 2. The van der Waals surface area contributed by atoms with Gasteiger partial charge in [0, 0.05) is 24.1 Å². The van der Waals surface area contributed by atoms with Gasteiger partial charge < -0.3 is 14.6 Å². The van der Waals surface area contributed by atoms with Gasteiger partial charge in [-0.2, -0.15) is 0 Å². The van der Waals surface area contributed by atoms with E-state index in [9.17, 15) is 9.59 Å². The Labute approximate surface area is 149 Å². The van der Waals surface area contributed by atoms with Gasteiger partial charge in [-0.25, -0.2) is 9.78 Å². The molecule has 0 aliphatic heterocycles. The highest BCUT2D eigenvalue weighted by Crippen LogP contribution is 2.25. The summed E-state index contributed by atoms with van der Waals surface area (Å²) in [7, 11) is 0. The fourth-order valence-electron chi connectivity index (χ4n) is 2.11. The molecule has 1 aliphatic rings. The van der Waals surface area contributed by atoms with Gasteiger partial charge in [-0.1, -0.05) is 16.9 Å². The van der Waals surface area contributed by atoms with Crippen molar-refractivity contribution >= 4 is 23.6 Å². The Morgan fingerprint density at radius 1 is 1.48 bits per heavy atom. The lowest BCUT2D eigenvalue weighted by molar-refractivity contribution is -0.129. The van der Waals surface area contributed by atoms with Crippen LogP contribution in [-0.4, -0.2) is 34.2 Å². The molecule has 7 nitrogen and oxygen atoms in total. The molecule has 1 aliphatic carbocycles. The fourth-order valence-corrected chi connectivity index (χ4v) is 2.98. The van der Waals surface area contributed by atoms with Gasteiger partial charge in [0.2, 0.25) is 0 Å². The van der Waals surface area contributed by atoms with Crippen LogP contribution in [0.5, 0.6) is 0 Å². The Bertz CT molecular complexity index is 773. The van der Waals surface area contributed by atoms with E-state index >= 15 is 0 Å². The monoisotopic (exact) mass is 361 g/mol. The SMILES string of the molecule is Cc1cc(CSc2ncccc2C(=O)O[C@@H](C)C(=O)NC2CC2)no1. The summed E-state index contributed by atoms with van der Waals surface area (Å²) < 4.78 is 10.3. The summed E-state index contributed by atoms with van der Waals surface area (Å²) in [6.45, 7) is 3.38. The molecule has 2 heterocycles. The molecule has 0 bridgehead atoms. The second kappa shape index (κ2) is 7.69. The highest BCUT2D eigenvalue weighted by Gasteiger charge is 2.28. The molecule has 2 aromatic rings. The Morgan fingerprint density at radius 2 is 2.28 bits per heavy atom. The first kappa shape index (κ1) is 17.5. The van der Waals surface area contributed by atoms with Crippen LogP contribution in [0.4, 0.5) is 0 Å². The third-order valence-electron chi connectivity index (χ3n) is 3.60. The molecule has 1 N–H and O–H groups in total. The predicted octanol–water partition coefficient (Wildman–Crippen LogP) is 2.49. The number of rotatable bonds is 7. The lowest BCUT2D eigenvalue weighted by Crippen LogP contribution is -2.37. The van der Waals surface area contributed by atoms with E-state index in [0.717, 1.165) is 24.3 Å². The summed E-state index contributed by atoms with van der Waals surface area (Å²) in [5, 5.41) is 7.27. The van der Waals surface area contributed by atoms with E-state index in [2.05, 4.69) is 15.5 Å². The fraction of sp³-hybridized carbons (Fsp3) is 0.412. The van der Waals surface area contributed by atoms with Crippen LogP contribution in [-0.2, 0) is 15.3 Å². The van der Waals surface area contributed by atoms with E-state index in [1.807, 2.05) is 13.0 Å². The normalized spacial score (nSPS) is 14.8. The van der Waals surface area contributed by atoms with Gasteiger partial charge in [0.1, 0.15) is 10.8 Å². The van der Waals surface area contributed by atoms with Crippen molar-refractivity contribution in [3.05, 3.63) is 41.4 Å². The lowest BCUT2D eigenvalue weighted by atomic mass is 10.3. The van der Waals surface area contributed by atoms with Crippen molar-refractivity contribution < 1.29 is 18.8 Å². The minimum atomic E-state index is -0.843. The molecule has 1 atom stereocenters. The number of hydrogen-bond acceptors (Lipinski definition) is 7. The molecule has 8 heteroatoms. The summed E-state index contributed by atoms with van der Waals surface area (Å²) in [5.41, 5.74) is 1.10. The quantitative estimate of drug-likeness (QED) is 0.598. The topological polar surface area (TPSA) is 94.3 Å². The smallest absolute Gasteiger partial charge is 0.341 e. The van der Waals surface area contributed by atoms with Crippen molar-refractivity contribution in [2.24, 2.45) is 0 Å². The number of nitrogens with one attached hydrogen (secondary N) is 1. The number of ether oxygens (including phenoxy) is 1. The molecule has 0 spiro atoms. The maximum absolute atomic E-state index is 12.4. The van der Waals surface area contributed by atoms with Crippen molar-refractivity contribution in [3.8, 4) is 0 Å². The molecule has 1 fully saturated rings. The first-order valence-corrected chi connectivity index (χ1v) is 9.03. The second-order valence-corrected chi connectivity index (χ2v) is 6.87. The number of carbonyl (C=O) groups excluding carboxylic acids is 2. The summed E-state index contributed by atoms with van der Waals surface area (Å²) in [5.74, 6) is 0.413. The Balaban J connectivity index is 1.62. The molecule has 0 radical (unpaired) electrons. The van der Waals surface area contributed by atoms with Gasteiger partial charge in [0.25, 0.3) is 5.91 Å². The van der Waals surface area contributed by atoms with Crippen LogP contribution >= 0.6 is 11.8 Å². The summed E-state index contributed by atoms with van der Waals surface area (Å²) in [4.78, 5) is 28.6. The number of hydrogen-bond donors (Lipinski definition) is 1. The summed E-state index contributed by atoms with van der Waals surface area (Å²) in [6.07, 6.45) is 2.73. The summed E-state index contributed by atoms with van der Waals surface area (Å²) in [6, 6.07) is 5.36. The minimum absolute atomic E-state index is 0.226. The van der Waals surface area contributed by atoms with Crippen molar-refractivity contribution in [3.63, 3.8) is 0 Å². The molecule has 1 saturated carbocycles.